The van der Waals surface area contributed by atoms with Crippen LogP contribution in [-0.2, 0) is 22.7 Å². The molecular formula is C22H25N3O4. The van der Waals surface area contributed by atoms with Crippen LogP contribution < -0.4 is 10.9 Å². The van der Waals surface area contributed by atoms with E-state index in [2.05, 4.69) is 5.32 Å². The maximum absolute atomic E-state index is 12.9. The minimum absolute atomic E-state index is 0.0215. The molecule has 7 nitrogen and oxygen atoms in total. The van der Waals surface area contributed by atoms with Gasteiger partial charge in [-0.1, -0.05) is 36.4 Å². The third-order valence-corrected chi connectivity index (χ3v) is 5.71. The lowest BCUT2D eigenvalue weighted by Crippen LogP contribution is -2.54. The van der Waals surface area contributed by atoms with Gasteiger partial charge in [0.2, 0.25) is 5.91 Å². The largest absolute Gasteiger partial charge is 0.445 e. The van der Waals surface area contributed by atoms with Crippen LogP contribution in [0.4, 0.5) is 4.79 Å². The summed E-state index contributed by atoms with van der Waals surface area (Å²) in [6.45, 7) is 3.63. The minimum Gasteiger partial charge on any atom is -0.445 e. The summed E-state index contributed by atoms with van der Waals surface area (Å²) < 4.78 is 7.05. The van der Waals surface area contributed by atoms with Crippen LogP contribution in [0.1, 0.15) is 30.5 Å². The van der Waals surface area contributed by atoms with Crippen molar-refractivity contribution in [3.8, 4) is 0 Å². The molecule has 1 aromatic carbocycles. The smallest absolute Gasteiger partial charge is 0.408 e. The molecule has 7 heteroatoms. The molecule has 2 aliphatic rings. The number of rotatable bonds is 4. The summed E-state index contributed by atoms with van der Waals surface area (Å²) in [5.74, 6) is 0.281. The number of aromatic nitrogens is 1. The highest BCUT2D eigenvalue weighted by Gasteiger charge is 2.37. The van der Waals surface area contributed by atoms with Gasteiger partial charge in [-0.2, -0.15) is 0 Å². The lowest BCUT2D eigenvalue weighted by Gasteiger charge is -2.43. The number of carbonyl (C=O) groups excluding carboxylic acids is 2. The number of amides is 2. The van der Waals surface area contributed by atoms with Crippen LogP contribution in [-0.4, -0.2) is 40.6 Å². The van der Waals surface area contributed by atoms with Crippen molar-refractivity contribution in [1.29, 1.82) is 0 Å². The lowest BCUT2D eigenvalue weighted by molar-refractivity contribution is -0.135. The molecule has 1 aromatic heterocycles. The van der Waals surface area contributed by atoms with Crippen molar-refractivity contribution in [3.05, 3.63) is 70.1 Å². The van der Waals surface area contributed by atoms with Gasteiger partial charge in [0, 0.05) is 37.3 Å². The summed E-state index contributed by atoms with van der Waals surface area (Å²) in [6.07, 6.45) is 0.373. The van der Waals surface area contributed by atoms with E-state index in [9.17, 15) is 14.4 Å². The molecule has 3 atom stereocenters. The van der Waals surface area contributed by atoms with Crippen LogP contribution in [0.3, 0.4) is 0 Å². The van der Waals surface area contributed by atoms with Crippen LogP contribution in [0.2, 0.25) is 0 Å². The Labute approximate surface area is 169 Å². The van der Waals surface area contributed by atoms with Crippen molar-refractivity contribution in [2.24, 2.45) is 5.92 Å². The van der Waals surface area contributed by atoms with Crippen LogP contribution in [0.25, 0.3) is 0 Å². The van der Waals surface area contributed by atoms with E-state index in [0.29, 0.717) is 19.6 Å². The monoisotopic (exact) mass is 395 g/mol. The Kier molecular flexibility index (Phi) is 5.38. The van der Waals surface area contributed by atoms with E-state index in [0.717, 1.165) is 17.7 Å². The van der Waals surface area contributed by atoms with Crippen molar-refractivity contribution in [2.75, 3.05) is 13.1 Å². The Hall–Kier alpha value is -3.09. The summed E-state index contributed by atoms with van der Waals surface area (Å²) in [5.41, 5.74) is 1.90. The average Bonchev–Trinajstić information content (AvgIpc) is 2.73. The number of hydrogen-bond acceptors (Lipinski definition) is 4. The predicted octanol–water partition coefficient (Wildman–Crippen LogP) is 2.11. The zero-order valence-corrected chi connectivity index (χ0v) is 16.4. The fraction of sp³-hybridized carbons (Fsp3) is 0.409. The quantitative estimate of drug-likeness (QED) is 0.860. The second kappa shape index (κ2) is 8.11. The van der Waals surface area contributed by atoms with Crippen molar-refractivity contribution >= 4 is 12.0 Å². The molecule has 4 rings (SSSR count). The summed E-state index contributed by atoms with van der Waals surface area (Å²) in [5, 5.41) is 2.63. The van der Waals surface area contributed by atoms with Gasteiger partial charge in [0.25, 0.3) is 5.56 Å². The summed E-state index contributed by atoms with van der Waals surface area (Å²) in [4.78, 5) is 38.9. The number of carbonyl (C=O) groups is 2. The van der Waals surface area contributed by atoms with Crippen LogP contribution in [0.15, 0.2) is 53.3 Å². The maximum atomic E-state index is 12.9. The fourth-order valence-corrected chi connectivity index (χ4v) is 4.35. The number of piperidine rings is 1. The number of hydrogen-bond donors (Lipinski definition) is 1. The number of ether oxygens (including phenoxy) is 1. The SMILES string of the molecule is CC(NC(=O)OCc1ccccc1)C(=O)N1CC2C[C@@H](C1)Cn1c2cccc1=O. The number of alkyl carbamates (subject to hydrolysis) is 1. The molecule has 2 unspecified atom stereocenters. The van der Waals surface area contributed by atoms with Crippen molar-refractivity contribution in [2.45, 2.75) is 38.5 Å². The lowest BCUT2D eigenvalue weighted by atomic mass is 9.83. The standard InChI is InChI=1S/C22H25N3O4/c1-15(23-22(28)29-14-16-6-3-2-4-7-16)21(27)24-11-17-10-18(13-24)19-8-5-9-20(26)25(19)12-17/h2-9,15,17-18H,10-14H2,1H3,(H,23,28)/t15?,17-,18?/m0/s1. The zero-order valence-electron chi connectivity index (χ0n) is 16.4. The zero-order chi connectivity index (χ0) is 20.4. The Morgan fingerprint density at radius 3 is 2.69 bits per heavy atom. The molecule has 3 heterocycles. The highest BCUT2D eigenvalue weighted by Crippen LogP contribution is 2.35. The van der Waals surface area contributed by atoms with E-state index in [1.807, 2.05) is 45.9 Å². The molecule has 1 N–H and O–H groups in total. The summed E-state index contributed by atoms with van der Waals surface area (Å²) >= 11 is 0. The molecule has 152 valence electrons. The van der Waals surface area contributed by atoms with E-state index in [1.165, 1.54) is 0 Å². The fourth-order valence-electron chi connectivity index (χ4n) is 4.35. The molecule has 2 bridgehead atoms. The molecule has 1 saturated heterocycles. The molecule has 0 spiro atoms. The molecule has 2 aromatic rings. The van der Waals surface area contributed by atoms with Gasteiger partial charge >= 0.3 is 6.09 Å². The number of nitrogens with one attached hydrogen (secondary N) is 1. The van der Waals surface area contributed by atoms with E-state index in [-0.39, 0.29) is 29.9 Å². The van der Waals surface area contributed by atoms with Gasteiger partial charge in [-0.15, -0.1) is 0 Å². The predicted molar refractivity (Wildman–Crippen MR) is 107 cm³/mol. The molecule has 0 aliphatic carbocycles. The third kappa shape index (κ3) is 4.18. The van der Waals surface area contributed by atoms with Crippen LogP contribution in [0.5, 0.6) is 0 Å². The number of pyridine rings is 1. The van der Waals surface area contributed by atoms with Crippen LogP contribution >= 0.6 is 0 Å². The Morgan fingerprint density at radius 2 is 1.90 bits per heavy atom. The molecule has 0 radical (unpaired) electrons. The minimum atomic E-state index is -0.671. The van der Waals surface area contributed by atoms with Gasteiger partial charge in [-0.25, -0.2) is 4.79 Å². The molecule has 0 saturated carbocycles. The normalized spacial score (nSPS) is 21.1. The number of likely N-dealkylation sites (tertiary alicyclic amines) is 1. The Bertz CT molecular complexity index is 956. The molecular weight excluding hydrogens is 370 g/mol. The van der Waals surface area contributed by atoms with Crippen molar-refractivity contribution < 1.29 is 14.3 Å². The molecule has 1 fully saturated rings. The summed E-state index contributed by atoms with van der Waals surface area (Å²) in [7, 11) is 0. The van der Waals surface area contributed by atoms with Crippen molar-refractivity contribution in [1.82, 2.24) is 14.8 Å². The van der Waals surface area contributed by atoms with Crippen LogP contribution in [0, 0.1) is 5.92 Å². The molecule has 2 aliphatic heterocycles. The number of benzene rings is 1. The Morgan fingerprint density at radius 1 is 1.10 bits per heavy atom. The third-order valence-electron chi connectivity index (χ3n) is 5.71. The molecule has 29 heavy (non-hydrogen) atoms. The maximum Gasteiger partial charge on any atom is 0.408 e. The highest BCUT2D eigenvalue weighted by molar-refractivity contribution is 5.85. The first-order valence-corrected chi connectivity index (χ1v) is 9.97. The number of fused-ring (bicyclic) bond motifs is 4. The first-order valence-electron chi connectivity index (χ1n) is 9.97. The van der Waals surface area contributed by atoms with E-state index in [4.69, 9.17) is 4.74 Å². The second-order valence-electron chi connectivity index (χ2n) is 7.87. The van der Waals surface area contributed by atoms with Gasteiger partial charge in [0.1, 0.15) is 12.6 Å². The van der Waals surface area contributed by atoms with Gasteiger partial charge in [0.15, 0.2) is 0 Å². The summed E-state index contributed by atoms with van der Waals surface area (Å²) in [6, 6.07) is 14.1. The average molecular weight is 395 g/mol. The second-order valence-corrected chi connectivity index (χ2v) is 7.87. The first kappa shape index (κ1) is 19.2. The van der Waals surface area contributed by atoms with Gasteiger partial charge in [-0.3, -0.25) is 9.59 Å². The van der Waals surface area contributed by atoms with E-state index in [1.54, 1.807) is 19.1 Å². The van der Waals surface area contributed by atoms with E-state index < -0.39 is 12.1 Å². The molecule has 2 amide bonds. The van der Waals surface area contributed by atoms with Gasteiger partial charge in [-0.05, 0) is 30.9 Å². The Balaban J connectivity index is 1.35. The van der Waals surface area contributed by atoms with Gasteiger partial charge in [0.05, 0.1) is 0 Å². The topological polar surface area (TPSA) is 80.6 Å². The van der Waals surface area contributed by atoms with Gasteiger partial charge < -0.3 is 19.5 Å². The highest BCUT2D eigenvalue weighted by atomic mass is 16.5. The first-order chi connectivity index (χ1) is 14.0. The van der Waals surface area contributed by atoms with E-state index >= 15 is 0 Å². The number of nitrogens with zero attached hydrogens (tertiary/aromatic N) is 2. The van der Waals surface area contributed by atoms with Crippen molar-refractivity contribution in [3.63, 3.8) is 0 Å².